The van der Waals surface area contributed by atoms with Crippen LogP contribution < -0.4 is 4.90 Å². The number of anilines is 1. The Bertz CT molecular complexity index is 547. The summed E-state index contributed by atoms with van der Waals surface area (Å²) in [5.74, 6) is -0.260. The molecule has 1 unspecified atom stereocenters. The lowest BCUT2D eigenvalue weighted by Crippen LogP contribution is -2.58. The van der Waals surface area contributed by atoms with Crippen molar-refractivity contribution < 1.29 is 14.7 Å². The van der Waals surface area contributed by atoms with Crippen LogP contribution in [0, 0.1) is 0 Å². The number of carbonyl (C=O) groups excluding carboxylic acids is 2. The molecular weight excluding hydrogens is 316 g/mol. The number of rotatable bonds is 6. The van der Waals surface area contributed by atoms with Gasteiger partial charge in [-0.15, -0.1) is 0 Å². The lowest BCUT2D eigenvalue weighted by molar-refractivity contribution is -0.140. The molecule has 5 nitrogen and oxygen atoms in total. The van der Waals surface area contributed by atoms with Gasteiger partial charge in [0.05, 0.1) is 12.6 Å². The zero-order valence-corrected chi connectivity index (χ0v) is 14.1. The number of hydrogen-bond acceptors (Lipinski definition) is 3. The molecule has 1 aliphatic rings. The number of carbonyl (C=O) groups is 2. The largest absolute Gasteiger partial charge is 0.396 e. The van der Waals surface area contributed by atoms with Crippen LogP contribution in [0.5, 0.6) is 0 Å². The van der Waals surface area contributed by atoms with Gasteiger partial charge in [0.2, 0.25) is 11.8 Å². The fourth-order valence-electron chi connectivity index (χ4n) is 2.86. The number of halogens is 1. The zero-order chi connectivity index (χ0) is 16.8. The summed E-state index contributed by atoms with van der Waals surface area (Å²) >= 11 is 5.90. The maximum absolute atomic E-state index is 12.5. The lowest BCUT2D eigenvalue weighted by atomic mass is 10.0. The molecule has 126 valence electrons. The van der Waals surface area contributed by atoms with Gasteiger partial charge in [-0.2, -0.15) is 0 Å². The Morgan fingerprint density at radius 3 is 2.65 bits per heavy atom. The minimum Gasteiger partial charge on any atom is -0.396 e. The van der Waals surface area contributed by atoms with Crippen molar-refractivity contribution >= 4 is 29.1 Å². The fourth-order valence-corrected chi connectivity index (χ4v) is 2.99. The highest BCUT2D eigenvalue weighted by atomic mass is 35.5. The maximum atomic E-state index is 12.5. The highest BCUT2D eigenvalue weighted by molar-refractivity contribution is 6.30. The molecule has 1 heterocycles. The third-order valence-electron chi connectivity index (χ3n) is 4.12. The summed E-state index contributed by atoms with van der Waals surface area (Å²) in [5, 5.41) is 9.62. The van der Waals surface area contributed by atoms with Crippen LogP contribution >= 0.6 is 11.6 Å². The number of nitrogens with zero attached hydrogens (tertiary/aromatic N) is 2. The molecule has 1 aromatic rings. The van der Waals surface area contributed by atoms with Crippen molar-refractivity contribution in [2.45, 2.75) is 38.6 Å². The van der Waals surface area contributed by atoms with Crippen LogP contribution in [-0.2, 0) is 9.59 Å². The highest BCUT2D eigenvalue weighted by Gasteiger charge is 2.34. The van der Waals surface area contributed by atoms with Gasteiger partial charge in [0.1, 0.15) is 6.54 Å². The van der Waals surface area contributed by atoms with E-state index in [-0.39, 0.29) is 37.4 Å². The number of piperazine rings is 1. The molecule has 0 bridgehead atoms. The number of amides is 2. The molecule has 0 radical (unpaired) electrons. The predicted molar refractivity (Wildman–Crippen MR) is 90.5 cm³/mol. The van der Waals surface area contributed by atoms with E-state index in [4.69, 9.17) is 16.7 Å². The van der Waals surface area contributed by atoms with E-state index in [1.54, 1.807) is 21.9 Å². The second-order valence-corrected chi connectivity index (χ2v) is 6.21. The monoisotopic (exact) mass is 338 g/mol. The molecule has 6 heteroatoms. The third-order valence-corrected chi connectivity index (χ3v) is 4.37. The fraction of sp³-hybridized carbons (Fsp3) is 0.529. The Balaban J connectivity index is 2.17. The number of unbranched alkanes of at least 4 members (excludes halogenated alkanes) is 1. The molecule has 23 heavy (non-hydrogen) atoms. The van der Waals surface area contributed by atoms with Gasteiger partial charge >= 0.3 is 0 Å². The summed E-state index contributed by atoms with van der Waals surface area (Å²) in [6.07, 6.45) is 2.95. The lowest BCUT2D eigenvalue weighted by Gasteiger charge is -2.41. The smallest absolute Gasteiger partial charge is 0.246 e. The van der Waals surface area contributed by atoms with Crippen LogP contribution in [-0.4, -0.2) is 47.6 Å². The maximum Gasteiger partial charge on any atom is 0.246 e. The van der Waals surface area contributed by atoms with E-state index in [1.807, 2.05) is 12.1 Å². The average Bonchev–Trinajstić information content (AvgIpc) is 2.54. The Hall–Kier alpha value is -1.59. The Morgan fingerprint density at radius 2 is 2.04 bits per heavy atom. The topological polar surface area (TPSA) is 60.9 Å². The van der Waals surface area contributed by atoms with E-state index in [2.05, 4.69) is 6.92 Å². The van der Waals surface area contributed by atoms with Crippen molar-refractivity contribution in [3.63, 3.8) is 0 Å². The van der Waals surface area contributed by atoms with Gasteiger partial charge in [0.15, 0.2) is 0 Å². The van der Waals surface area contributed by atoms with Crippen LogP contribution in [0.15, 0.2) is 24.3 Å². The van der Waals surface area contributed by atoms with Crippen LogP contribution in [0.2, 0.25) is 5.02 Å². The van der Waals surface area contributed by atoms with Gasteiger partial charge in [-0.3, -0.25) is 9.59 Å². The predicted octanol–water partition coefficient (Wildman–Crippen LogP) is 2.46. The summed E-state index contributed by atoms with van der Waals surface area (Å²) in [5.41, 5.74) is 0.801. The van der Waals surface area contributed by atoms with E-state index in [1.165, 1.54) is 0 Å². The average molecular weight is 339 g/mol. The Morgan fingerprint density at radius 1 is 1.35 bits per heavy atom. The molecule has 0 saturated carbocycles. The molecule has 2 rings (SSSR count). The van der Waals surface area contributed by atoms with E-state index in [0.717, 1.165) is 24.9 Å². The molecule has 1 atom stereocenters. The third kappa shape index (κ3) is 4.45. The minimum absolute atomic E-state index is 0.0117. The normalized spacial score (nSPS) is 18.4. The number of hydrogen-bond donors (Lipinski definition) is 1. The van der Waals surface area contributed by atoms with E-state index in [9.17, 15) is 9.59 Å². The standard InChI is InChI=1S/C17H23ClN2O3/c1-2-3-4-15-11-19(14-7-5-13(18)6-8-14)17(23)12-20(15)16(22)9-10-21/h5-8,15,21H,2-4,9-12H2,1H3. The van der Waals surface area contributed by atoms with Crippen molar-refractivity contribution in [1.29, 1.82) is 0 Å². The van der Waals surface area contributed by atoms with Gasteiger partial charge in [-0.05, 0) is 30.7 Å². The first-order chi connectivity index (χ1) is 11.1. The van der Waals surface area contributed by atoms with Crippen molar-refractivity contribution in [2.75, 3.05) is 24.6 Å². The van der Waals surface area contributed by atoms with Crippen LogP contribution in [0.25, 0.3) is 0 Å². The summed E-state index contributed by atoms with van der Waals surface area (Å²) < 4.78 is 0. The van der Waals surface area contributed by atoms with Gasteiger partial charge in [0.25, 0.3) is 0 Å². The van der Waals surface area contributed by atoms with Gasteiger partial charge < -0.3 is 14.9 Å². The van der Waals surface area contributed by atoms with Crippen LogP contribution in [0.4, 0.5) is 5.69 Å². The molecule has 1 aliphatic heterocycles. The molecular formula is C17H23ClN2O3. The summed E-state index contributed by atoms with van der Waals surface area (Å²) in [6.45, 7) is 2.46. The summed E-state index contributed by atoms with van der Waals surface area (Å²) in [4.78, 5) is 28.0. The number of benzene rings is 1. The van der Waals surface area contributed by atoms with Crippen molar-refractivity contribution in [1.82, 2.24) is 4.90 Å². The van der Waals surface area contributed by atoms with E-state index >= 15 is 0 Å². The molecule has 1 aromatic carbocycles. The second-order valence-electron chi connectivity index (χ2n) is 5.77. The molecule has 1 N–H and O–H groups in total. The van der Waals surface area contributed by atoms with Gasteiger partial charge in [-0.1, -0.05) is 31.4 Å². The van der Waals surface area contributed by atoms with Gasteiger partial charge in [-0.25, -0.2) is 0 Å². The van der Waals surface area contributed by atoms with Crippen molar-refractivity contribution in [3.8, 4) is 0 Å². The van der Waals surface area contributed by atoms with Crippen molar-refractivity contribution in [3.05, 3.63) is 29.3 Å². The SMILES string of the molecule is CCCCC1CN(c2ccc(Cl)cc2)C(=O)CN1C(=O)CCO. The van der Waals surface area contributed by atoms with Gasteiger partial charge in [0, 0.05) is 23.7 Å². The molecule has 1 saturated heterocycles. The molecule has 1 fully saturated rings. The zero-order valence-electron chi connectivity index (χ0n) is 13.4. The summed E-state index contributed by atoms with van der Waals surface area (Å²) in [6, 6.07) is 7.15. The molecule has 2 amide bonds. The van der Waals surface area contributed by atoms with E-state index in [0.29, 0.717) is 11.6 Å². The molecule has 0 aromatic heterocycles. The highest BCUT2D eigenvalue weighted by Crippen LogP contribution is 2.24. The Kier molecular flexibility index (Phi) is 6.42. The Labute approximate surface area is 141 Å². The van der Waals surface area contributed by atoms with Crippen LogP contribution in [0.1, 0.15) is 32.6 Å². The first-order valence-electron chi connectivity index (χ1n) is 8.03. The minimum atomic E-state index is -0.190. The first-order valence-corrected chi connectivity index (χ1v) is 8.40. The summed E-state index contributed by atoms with van der Waals surface area (Å²) in [7, 11) is 0. The number of aliphatic hydroxyl groups excluding tert-OH is 1. The molecule has 0 spiro atoms. The van der Waals surface area contributed by atoms with Crippen molar-refractivity contribution in [2.24, 2.45) is 0 Å². The number of aliphatic hydroxyl groups is 1. The van der Waals surface area contributed by atoms with E-state index < -0.39 is 0 Å². The first kappa shape index (κ1) is 17.8. The quantitative estimate of drug-likeness (QED) is 0.866. The van der Waals surface area contributed by atoms with Crippen LogP contribution in [0.3, 0.4) is 0 Å². The second kappa shape index (κ2) is 8.31. The molecule has 0 aliphatic carbocycles.